The third-order valence-electron chi connectivity index (χ3n) is 3.68. The van der Waals surface area contributed by atoms with E-state index in [-0.39, 0.29) is 0 Å². The lowest BCUT2D eigenvalue weighted by atomic mass is 10.5. The van der Waals surface area contributed by atoms with Gasteiger partial charge in [-0.25, -0.2) is 4.98 Å². The second kappa shape index (κ2) is 6.64. The van der Waals surface area contributed by atoms with Crippen molar-refractivity contribution in [3.8, 4) is 0 Å². The molecule has 0 fully saturated rings. The van der Waals surface area contributed by atoms with Crippen LogP contribution in [0, 0.1) is 0 Å². The molecule has 1 heterocycles. The largest absolute Gasteiger partial charge is 0.409 e. The van der Waals surface area contributed by atoms with Crippen LogP contribution in [0.25, 0.3) is 0 Å². The van der Waals surface area contributed by atoms with Crippen molar-refractivity contribution in [2.24, 2.45) is 0 Å². The molecule has 0 aliphatic rings. The summed E-state index contributed by atoms with van der Waals surface area (Å²) in [6, 6.07) is 0. The Balaban J connectivity index is 2.85. The summed E-state index contributed by atoms with van der Waals surface area (Å²) in [5, 5.41) is 1.07. The molecule has 0 atom stereocenters. The molecule has 0 bridgehead atoms. The average molecular weight is 350 g/mol. The Morgan fingerprint density at radius 2 is 1.67 bits per heavy atom. The van der Waals surface area contributed by atoms with Crippen molar-refractivity contribution in [2.45, 2.75) is 64.8 Å². The van der Waals surface area contributed by atoms with Gasteiger partial charge in [-0.2, -0.15) is 0 Å². The predicted octanol–water partition coefficient (Wildman–Crippen LogP) is 5.60. The van der Waals surface area contributed by atoms with E-state index in [0.29, 0.717) is 23.2 Å². The second-order valence-corrected chi connectivity index (χ2v) is 13.6. The van der Waals surface area contributed by atoms with Gasteiger partial charge in [0, 0.05) is 0 Å². The van der Waals surface area contributed by atoms with Gasteiger partial charge in [-0.3, -0.25) is 0 Å². The van der Waals surface area contributed by atoms with E-state index in [2.05, 4.69) is 62.5 Å². The molecule has 0 N–H and O–H groups in total. The fraction of sp³-hybridized carbons (Fsp3) is 0.769. The van der Waals surface area contributed by atoms with Crippen LogP contribution in [-0.4, -0.2) is 13.3 Å². The highest BCUT2D eigenvalue weighted by Gasteiger charge is 2.45. The van der Waals surface area contributed by atoms with Gasteiger partial charge in [0.1, 0.15) is 5.01 Å². The monoisotopic (exact) mass is 349 g/mol. The Morgan fingerprint density at radius 1 is 1.17 bits per heavy atom. The minimum absolute atomic E-state index is 0.626. The zero-order chi connectivity index (χ0) is 13.9. The highest BCUT2D eigenvalue weighted by molar-refractivity contribution is 9.11. The Morgan fingerprint density at radius 3 is 2.00 bits per heavy atom. The summed E-state index contributed by atoms with van der Waals surface area (Å²) in [5.41, 5.74) is 1.88. The van der Waals surface area contributed by atoms with Gasteiger partial charge in [-0.15, -0.1) is 11.3 Å². The molecule has 0 aliphatic heterocycles. The zero-order valence-electron chi connectivity index (χ0n) is 12.2. The maximum Gasteiger partial charge on any atom is 0.200 e. The van der Waals surface area contributed by atoms with E-state index in [1.807, 2.05) is 6.20 Å². The molecule has 1 rings (SSSR count). The van der Waals surface area contributed by atoms with Crippen molar-refractivity contribution in [3.05, 3.63) is 15.0 Å². The molecule has 0 aliphatic carbocycles. The minimum Gasteiger partial charge on any atom is -0.409 e. The zero-order valence-corrected chi connectivity index (χ0v) is 15.6. The van der Waals surface area contributed by atoms with E-state index in [1.54, 1.807) is 11.3 Å². The van der Waals surface area contributed by atoms with Gasteiger partial charge in [-0.1, -0.05) is 41.5 Å². The first-order valence-corrected chi connectivity index (χ1v) is 10.3. The fourth-order valence-electron chi connectivity index (χ4n) is 3.04. The summed E-state index contributed by atoms with van der Waals surface area (Å²) in [6.07, 6.45) is 1.85. The lowest BCUT2D eigenvalue weighted by molar-refractivity contribution is 0.265. The molecule has 0 amide bonds. The van der Waals surface area contributed by atoms with Crippen molar-refractivity contribution < 1.29 is 4.43 Å². The van der Waals surface area contributed by atoms with Crippen LogP contribution < -0.4 is 0 Å². The third kappa shape index (κ3) is 3.44. The number of rotatable bonds is 6. The maximum atomic E-state index is 6.48. The summed E-state index contributed by atoms with van der Waals surface area (Å²) in [5.74, 6) is 0. The predicted molar refractivity (Wildman–Crippen MR) is 85.7 cm³/mol. The number of nitrogens with zero attached hydrogens (tertiary/aromatic N) is 1. The molecule has 0 saturated carbocycles. The molecule has 2 nitrogen and oxygen atoms in total. The first-order valence-electron chi connectivity index (χ1n) is 6.54. The smallest absolute Gasteiger partial charge is 0.200 e. The molecule has 0 spiro atoms. The van der Waals surface area contributed by atoms with E-state index >= 15 is 0 Å². The van der Waals surface area contributed by atoms with Gasteiger partial charge in [0.05, 0.1) is 16.6 Å². The molecule has 0 saturated heterocycles. The Hall–Kier alpha value is 0.287. The van der Waals surface area contributed by atoms with Gasteiger partial charge < -0.3 is 4.43 Å². The molecular weight excluding hydrogens is 326 g/mol. The molecule has 0 unspecified atom stereocenters. The van der Waals surface area contributed by atoms with E-state index in [1.165, 1.54) is 0 Å². The van der Waals surface area contributed by atoms with Gasteiger partial charge in [0.25, 0.3) is 0 Å². The van der Waals surface area contributed by atoms with E-state index in [9.17, 15) is 0 Å². The topological polar surface area (TPSA) is 22.1 Å². The lowest BCUT2D eigenvalue weighted by Crippen LogP contribution is -2.47. The second-order valence-electron chi connectivity index (χ2n) is 5.66. The van der Waals surface area contributed by atoms with Crippen LogP contribution in [0.15, 0.2) is 9.98 Å². The summed E-state index contributed by atoms with van der Waals surface area (Å²) in [4.78, 5) is 4.37. The van der Waals surface area contributed by atoms with Gasteiger partial charge in [0.15, 0.2) is 0 Å². The number of hydrogen-bond donors (Lipinski definition) is 0. The van der Waals surface area contributed by atoms with Crippen molar-refractivity contribution >= 4 is 35.6 Å². The third-order valence-corrected chi connectivity index (χ3v) is 11.2. The van der Waals surface area contributed by atoms with Crippen LogP contribution in [0.1, 0.15) is 46.6 Å². The van der Waals surface area contributed by atoms with Crippen LogP contribution in [0.2, 0.25) is 16.6 Å². The van der Waals surface area contributed by atoms with Crippen molar-refractivity contribution in [2.75, 3.05) is 0 Å². The lowest BCUT2D eigenvalue weighted by Gasteiger charge is -2.41. The van der Waals surface area contributed by atoms with Crippen LogP contribution in [0.4, 0.5) is 0 Å². The molecule has 1 aromatic rings. The summed E-state index contributed by atoms with van der Waals surface area (Å²) >= 11 is 5.12. The van der Waals surface area contributed by atoms with Crippen LogP contribution in [0.3, 0.4) is 0 Å². The van der Waals surface area contributed by atoms with E-state index < -0.39 is 8.32 Å². The maximum absolute atomic E-state index is 6.48. The number of halogens is 1. The molecule has 0 radical (unpaired) electrons. The van der Waals surface area contributed by atoms with Crippen LogP contribution in [0.5, 0.6) is 0 Å². The Bertz CT molecular complexity index is 357. The molecule has 1 aromatic heterocycles. The van der Waals surface area contributed by atoms with Crippen molar-refractivity contribution in [3.63, 3.8) is 0 Å². The first kappa shape index (κ1) is 16.3. The average Bonchev–Trinajstić information content (AvgIpc) is 2.63. The Kier molecular flexibility index (Phi) is 6.02. The van der Waals surface area contributed by atoms with Crippen LogP contribution >= 0.6 is 27.3 Å². The summed E-state index contributed by atoms with van der Waals surface area (Å²) < 4.78 is 7.56. The number of aromatic nitrogens is 1. The quantitative estimate of drug-likeness (QED) is 0.623. The number of thiazole rings is 1. The van der Waals surface area contributed by atoms with Crippen molar-refractivity contribution in [1.82, 2.24) is 4.98 Å². The van der Waals surface area contributed by atoms with Crippen LogP contribution in [-0.2, 0) is 11.0 Å². The fourth-order valence-corrected chi connectivity index (χ4v) is 9.75. The summed E-state index contributed by atoms with van der Waals surface area (Å²) in [7, 11) is -1.75. The molecule has 104 valence electrons. The molecule has 5 heteroatoms. The highest BCUT2D eigenvalue weighted by Crippen LogP contribution is 2.42. The SMILES string of the molecule is CC(C)[Si](OCc1ncc(Br)s1)(C(C)C)C(C)C. The Labute approximate surface area is 124 Å². The minimum atomic E-state index is -1.75. The number of hydrogen-bond acceptors (Lipinski definition) is 3. The standard InChI is InChI=1S/C13H24BrNOSSi/c1-9(2)18(10(3)4,11(5)6)16-8-13-15-7-12(14)17-13/h7,9-11H,8H2,1-6H3. The van der Waals surface area contributed by atoms with Gasteiger partial charge in [0.2, 0.25) is 8.32 Å². The molecule has 18 heavy (non-hydrogen) atoms. The van der Waals surface area contributed by atoms with E-state index in [4.69, 9.17) is 4.43 Å². The van der Waals surface area contributed by atoms with Gasteiger partial charge in [-0.05, 0) is 32.6 Å². The summed E-state index contributed by atoms with van der Waals surface area (Å²) in [6.45, 7) is 14.5. The van der Waals surface area contributed by atoms with Crippen molar-refractivity contribution in [1.29, 1.82) is 0 Å². The highest BCUT2D eigenvalue weighted by atomic mass is 79.9. The first-order chi connectivity index (χ1) is 8.30. The molecule has 0 aromatic carbocycles. The van der Waals surface area contributed by atoms with E-state index in [0.717, 1.165) is 8.79 Å². The molecular formula is C13H24BrNOSSi. The normalized spacial score (nSPS) is 13.0. The van der Waals surface area contributed by atoms with Gasteiger partial charge >= 0.3 is 0 Å².